The molecule has 1 rings (SSSR count). The first kappa shape index (κ1) is 13.0. The minimum atomic E-state index is 0.235. The third-order valence-corrected chi connectivity index (χ3v) is 2.34. The predicted molar refractivity (Wildman–Crippen MR) is 63.8 cm³/mol. The number of hydrogen-bond donors (Lipinski definition) is 1. The van der Waals surface area contributed by atoms with Crippen molar-refractivity contribution in [2.75, 3.05) is 26.9 Å². The van der Waals surface area contributed by atoms with Gasteiger partial charge in [0.2, 0.25) is 0 Å². The molecule has 0 spiro atoms. The minimum absolute atomic E-state index is 0.235. The summed E-state index contributed by atoms with van der Waals surface area (Å²) in [5.74, 6) is 0.888. The van der Waals surface area contributed by atoms with Crippen LogP contribution in [-0.4, -0.2) is 32.0 Å². The molecule has 0 fully saturated rings. The highest BCUT2D eigenvalue weighted by Crippen LogP contribution is 2.13. The molecule has 0 aliphatic rings. The Kier molecular flexibility index (Phi) is 6.61. The molecule has 1 aromatic rings. The normalized spacial score (nSPS) is 10.4. The quantitative estimate of drug-likeness (QED) is 0.687. The summed E-state index contributed by atoms with van der Waals surface area (Å²) in [5, 5.41) is 8.61. The first-order chi connectivity index (χ1) is 7.86. The molecule has 3 heteroatoms. The summed E-state index contributed by atoms with van der Waals surface area (Å²) in [6.07, 6.45) is 2.62. The lowest BCUT2D eigenvalue weighted by atomic mass is 10.1. The first-order valence-electron chi connectivity index (χ1n) is 5.68. The summed E-state index contributed by atoms with van der Waals surface area (Å²) >= 11 is 0. The standard InChI is InChI=1S/C13H20O3/c1-15-11-8-12-4-6-13(7-5-12)16-10-3-2-9-14/h4-7,14H,2-3,8-11H2,1H3. The smallest absolute Gasteiger partial charge is 0.119 e. The molecular weight excluding hydrogens is 204 g/mol. The number of unbranched alkanes of at least 4 members (excludes halogenated alkanes) is 1. The van der Waals surface area contributed by atoms with E-state index in [2.05, 4.69) is 12.1 Å². The highest BCUT2D eigenvalue weighted by Gasteiger charge is 1.95. The number of hydrogen-bond acceptors (Lipinski definition) is 3. The van der Waals surface area contributed by atoms with E-state index in [1.807, 2.05) is 12.1 Å². The van der Waals surface area contributed by atoms with Gasteiger partial charge in [-0.2, -0.15) is 0 Å². The number of ether oxygens (including phenoxy) is 2. The fourth-order valence-corrected chi connectivity index (χ4v) is 1.38. The van der Waals surface area contributed by atoms with Gasteiger partial charge in [-0.15, -0.1) is 0 Å². The summed E-state index contributed by atoms with van der Waals surface area (Å²) in [6.45, 7) is 1.65. The number of methoxy groups -OCH3 is 1. The number of rotatable bonds is 8. The maximum absolute atomic E-state index is 8.61. The van der Waals surface area contributed by atoms with Gasteiger partial charge < -0.3 is 14.6 Å². The molecule has 0 atom stereocenters. The fourth-order valence-electron chi connectivity index (χ4n) is 1.38. The van der Waals surface area contributed by atoms with Crippen molar-refractivity contribution in [3.63, 3.8) is 0 Å². The van der Waals surface area contributed by atoms with Gasteiger partial charge in [0.05, 0.1) is 13.2 Å². The number of aliphatic hydroxyl groups excluding tert-OH is 1. The Morgan fingerprint density at radius 1 is 1.06 bits per heavy atom. The van der Waals surface area contributed by atoms with Crippen molar-refractivity contribution in [3.8, 4) is 5.75 Å². The van der Waals surface area contributed by atoms with Crippen molar-refractivity contribution in [2.24, 2.45) is 0 Å². The predicted octanol–water partition coefficient (Wildman–Crippen LogP) is 2.03. The Morgan fingerprint density at radius 3 is 2.44 bits per heavy atom. The molecule has 0 unspecified atom stereocenters. The summed E-state index contributed by atoms with van der Waals surface area (Å²) in [6, 6.07) is 8.06. The van der Waals surface area contributed by atoms with Gasteiger partial charge in [-0.05, 0) is 37.0 Å². The minimum Gasteiger partial charge on any atom is -0.494 e. The molecule has 16 heavy (non-hydrogen) atoms. The van der Waals surface area contributed by atoms with Crippen LogP contribution < -0.4 is 4.74 Å². The highest BCUT2D eigenvalue weighted by molar-refractivity contribution is 5.27. The van der Waals surface area contributed by atoms with E-state index in [0.717, 1.165) is 31.6 Å². The largest absolute Gasteiger partial charge is 0.494 e. The van der Waals surface area contributed by atoms with E-state index in [9.17, 15) is 0 Å². The summed E-state index contributed by atoms with van der Waals surface area (Å²) < 4.78 is 10.5. The molecule has 0 saturated carbocycles. The first-order valence-corrected chi connectivity index (χ1v) is 5.68. The second-order valence-electron chi connectivity index (χ2n) is 3.67. The number of benzene rings is 1. The molecule has 1 N–H and O–H groups in total. The second-order valence-corrected chi connectivity index (χ2v) is 3.67. The number of aliphatic hydroxyl groups is 1. The van der Waals surface area contributed by atoms with Gasteiger partial charge in [-0.3, -0.25) is 0 Å². The van der Waals surface area contributed by atoms with E-state index < -0.39 is 0 Å². The Morgan fingerprint density at radius 2 is 1.81 bits per heavy atom. The van der Waals surface area contributed by atoms with Crippen molar-refractivity contribution >= 4 is 0 Å². The summed E-state index contributed by atoms with van der Waals surface area (Å²) in [5.41, 5.74) is 1.25. The second kappa shape index (κ2) is 8.13. The molecule has 3 nitrogen and oxygen atoms in total. The van der Waals surface area contributed by atoms with Gasteiger partial charge in [0.25, 0.3) is 0 Å². The van der Waals surface area contributed by atoms with Crippen LogP contribution in [0.15, 0.2) is 24.3 Å². The Labute approximate surface area is 97.0 Å². The van der Waals surface area contributed by atoms with Gasteiger partial charge in [0.1, 0.15) is 5.75 Å². The third kappa shape index (κ3) is 5.14. The molecule has 0 saturated heterocycles. The fraction of sp³-hybridized carbons (Fsp3) is 0.538. The molecular formula is C13H20O3. The average molecular weight is 224 g/mol. The van der Waals surface area contributed by atoms with Crippen molar-refractivity contribution in [1.29, 1.82) is 0 Å². The average Bonchev–Trinajstić information content (AvgIpc) is 2.33. The molecule has 1 aromatic carbocycles. The Balaban J connectivity index is 2.27. The Hall–Kier alpha value is -1.06. The maximum Gasteiger partial charge on any atom is 0.119 e. The van der Waals surface area contributed by atoms with Crippen LogP contribution in [0.3, 0.4) is 0 Å². The van der Waals surface area contributed by atoms with Crippen LogP contribution in [0.2, 0.25) is 0 Å². The monoisotopic (exact) mass is 224 g/mol. The molecule has 0 aliphatic heterocycles. The van der Waals surface area contributed by atoms with Crippen LogP contribution in [0.4, 0.5) is 0 Å². The van der Waals surface area contributed by atoms with Gasteiger partial charge in [-0.1, -0.05) is 12.1 Å². The van der Waals surface area contributed by atoms with Gasteiger partial charge in [0.15, 0.2) is 0 Å². The van der Waals surface area contributed by atoms with E-state index in [1.165, 1.54) is 5.56 Å². The van der Waals surface area contributed by atoms with E-state index >= 15 is 0 Å². The van der Waals surface area contributed by atoms with Crippen LogP contribution >= 0.6 is 0 Å². The van der Waals surface area contributed by atoms with Gasteiger partial charge >= 0.3 is 0 Å². The SMILES string of the molecule is COCCc1ccc(OCCCCO)cc1. The zero-order valence-electron chi connectivity index (χ0n) is 9.82. The molecule has 0 heterocycles. The molecule has 0 amide bonds. The van der Waals surface area contributed by atoms with E-state index in [4.69, 9.17) is 14.6 Å². The van der Waals surface area contributed by atoms with Crippen LogP contribution in [-0.2, 0) is 11.2 Å². The van der Waals surface area contributed by atoms with Crippen LogP contribution in [0.25, 0.3) is 0 Å². The van der Waals surface area contributed by atoms with E-state index in [0.29, 0.717) is 6.61 Å². The van der Waals surface area contributed by atoms with Crippen LogP contribution in [0.1, 0.15) is 18.4 Å². The molecule has 90 valence electrons. The van der Waals surface area contributed by atoms with Crippen molar-refractivity contribution < 1.29 is 14.6 Å². The topological polar surface area (TPSA) is 38.7 Å². The molecule has 0 aromatic heterocycles. The van der Waals surface area contributed by atoms with Crippen molar-refractivity contribution in [1.82, 2.24) is 0 Å². The maximum atomic E-state index is 8.61. The lowest BCUT2D eigenvalue weighted by Crippen LogP contribution is -1.99. The van der Waals surface area contributed by atoms with Gasteiger partial charge in [0, 0.05) is 13.7 Å². The van der Waals surface area contributed by atoms with E-state index in [1.54, 1.807) is 7.11 Å². The lowest BCUT2D eigenvalue weighted by molar-refractivity contribution is 0.202. The highest BCUT2D eigenvalue weighted by atomic mass is 16.5. The van der Waals surface area contributed by atoms with Crippen molar-refractivity contribution in [2.45, 2.75) is 19.3 Å². The van der Waals surface area contributed by atoms with E-state index in [-0.39, 0.29) is 6.61 Å². The zero-order chi connectivity index (χ0) is 11.6. The third-order valence-electron chi connectivity index (χ3n) is 2.34. The van der Waals surface area contributed by atoms with Crippen LogP contribution in [0.5, 0.6) is 5.75 Å². The molecule has 0 aliphatic carbocycles. The molecule has 0 bridgehead atoms. The zero-order valence-corrected chi connectivity index (χ0v) is 9.82. The molecule has 0 radical (unpaired) electrons. The summed E-state index contributed by atoms with van der Waals surface area (Å²) in [7, 11) is 1.71. The van der Waals surface area contributed by atoms with Gasteiger partial charge in [-0.25, -0.2) is 0 Å². The lowest BCUT2D eigenvalue weighted by Gasteiger charge is -2.06. The van der Waals surface area contributed by atoms with Crippen molar-refractivity contribution in [3.05, 3.63) is 29.8 Å². The van der Waals surface area contributed by atoms with Crippen LogP contribution in [0, 0.1) is 0 Å². The Bertz CT molecular complexity index is 269. The summed E-state index contributed by atoms with van der Waals surface area (Å²) in [4.78, 5) is 0.